The van der Waals surface area contributed by atoms with E-state index in [0.29, 0.717) is 13.0 Å². The van der Waals surface area contributed by atoms with E-state index in [1.54, 1.807) is 4.90 Å². The van der Waals surface area contributed by atoms with Gasteiger partial charge in [-0.05, 0) is 35.3 Å². The highest BCUT2D eigenvalue weighted by Gasteiger charge is 2.67. The van der Waals surface area contributed by atoms with Crippen molar-refractivity contribution in [1.82, 2.24) is 4.90 Å². The van der Waals surface area contributed by atoms with Gasteiger partial charge in [-0.25, -0.2) is 9.59 Å². The number of benzene rings is 1. The van der Waals surface area contributed by atoms with Gasteiger partial charge >= 0.3 is 12.2 Å². The molecule has 0 radical (unpaired) electrons. The van der Waals surface area contributed by atoms with Gasteiger partial charge in [0, 0.05) is 12.5 Å². The first-order chi connectivity index (χ1) is 12.8. The third-order valence-corrected chi connectivity index (χ3v) is 6.81. The molecule has 2 aliphatic rings. The number of hydrogen-bond acceptors (Lipinski definition) is 2. The highest BCUT2D eigenvalue weighted by atomic mass is 16.4. The molecule has 3 rings (SSSR count). The molecule has 2 aliphatic heterocycles. The predicted octanol–water partition coefficient (Wildman–Crippen LogP) is 5.16. The minimum atomic E-state index is -0.969. The first kappa shape index (κ1) is 20.5. The van der Waals surface area contributed by atoms with Crippen LogP contribution in [-0.4, -0.2) is 45.4 Å². The maximum Gasteiger partial charge on any atom is 0.412 e. The van der Waals surface area contributed by atoms with Crippen molar-refractivity contribution >= 4 is 17.9 Å². The van der Waals surface area contributed by atoms with Gasteiger partial charge in [0.2, 0.25) is 0 Å². The smallest absolute Gasteiger partial charge is 0.412 e. The van der Waals surface area contributed by atoms with E-state index in [1.807, 2.05) is 25.1 Å². The summed E-state index contributed by atoms with van der Waals surface area (Å²) in [6, 6.07) is 5.59. The second kappa shape index (κ2) is 6.13. The van der Waals surface area contributed by atoms with Crippen molar-refractivity contribution in [2.75, 3.05) is 11.4 Å². The Hall–Kier alpha value is -2.24. The van der Waals surface area contributed by atoms with E-state index < -0.39 is 28.6 Å². The number of anilines is 1. The Bertz CT molecular complexity index is 805. The SMILES string of the molecule is Cc1cccc2c1N(C(=O)O)[C@H]1CCN(C(=O)O)C(C(C)(C)C)(C(C)(C)C)[C@H]21. The summed E-state index contributed by atoms with van der Waals surface area (Å²) >= 11 is 0. The minimum Gasteiger partial charge on any atom is -0.465 e. The molecule has 0 spiro atoms. The lowest BCUT2D eigenvalue weighted by molar-refractivity contribution is -0.113. The van der Waals surface area contributed by atoms with Crippen molar-refractivity contribution in [3.05, 3.63) is 29.3 Å². The number of fused-ring (bicyclic) bond motifs is 3. The minimum absolute atomic E-state index is 0.233. The number of carbonyl (C=O) groups is 2. The molecule has 28 heavy (non-hydrogen) atoms. The molecule has 0 saturated carbocycles. The monoisotopic (exact) mass is 388 g/mol. The normalized spacial score (nSPS) is 24.0. The Morgan fingerprint density at radius 3 is 2.07 bits per heavy atom. The first-order valence-electron chi connectivity index (χ1n) is 9.89. The number of para-hydroxylation sites is 1. The number of carboxylic acid groups (broad SMARTS) is 2. The van der Waals surface area contributed by atoms with E-state index in [-0.39, 0.29) is 12.0 Å². The lowest BCUT2D eigenvalue weighted by Gasteiger charge is -2.65. The van der Waals surface area contributed by atoms with Crippen LogP contribution in [0.3, 0.4) is 0 Å². The molecule has 6 nitrogen and oxygen atoms in total. The molecule has 0 aliphatic carbocycles. The molecule has 1 fully saturated rings. The average molecular weight is 389 g/mol. The molecule has 2 atom stereocenters. The summed E-state index contributed by atoms with van der Waals surface area (Å²) in [7, 11) is 0. The van der Waals surface area contributed by atoms with Crippen LogP contribution in [0.15, 0.2) is 18.2 Å². The van der Waals surface area contributed by atoms with Crippen LogP contribution in [0, 0.1) is 17.8 Å². The third-order valence-electron chi connectivity index (χ3n) is 6.81. The first-order valence-corrected chi connectivity index (χ1v) is 9.89. The zero-order valence-electron chi connectivity index (χ0n) is 17.9. The molecule has 1 aromatic carbocycles. The molecule has 154 valence electrons. The van der Waals surface area contributed by atoms with E-state index in [4.69, 9.17) is 0 Å². The molecule has 2 heterocycles. The van der Waals surface area contributed by atoms with Gasteiger partial charge < -0.3 is 15.1 Å². The van der Waals surface area contributed by atoms with Crippen LogP contribution < -0.4 is 4.90 Å². The predicted molar refractivity (Wildman–Crippen MR) is 109 cm³/mol. The van der Waals surface area contributed by atoms with Crippen LogP contribution in [0.5, 0.6) is 0 Å². The van der Waals surface area contributed by atoms with E-state index in [2.05, 4.69) is 41.5 Å². The van der Waals surface area contributed by atoms with Crippen molar-refractivity contribution in [1.29, 1.82) is 0 Å². The van der Waals surface area contributed by atoms with Crippen LogP contribution in [0.2, 0.25) is 0 Å². The lowest BCUT2D eigenvalue weighted by atomic mass is 9.50. The van der Waals surface area contributed by atoms with Crippen LogP contribution in [0.4, 0.5) is 15.3 Å². The van der Waals surface area contributed by atoms with Gasteiger partial charge in [-0.15, -0.1) is 0 Å². The summed E-state index contributed by atoms with van der Waals surface area (Å²) in [5, 5.41) is 20.3. The fourth-order valence-corrected chi connectivity index (χ4v) is 6.54. The molecule has 0 unspecified atom stereocenters. The number of aryl methyl sites for hydroxylation is 1. The Labute approximate surface area is 167 Å². The highest BCUT2D eigenvalue weighted by Crippen LogP contribution is 2.63. The highest BCUT2D eigenvalue weighted by molar-refractivity contribution is 5.92. The summed E-state index contributed by atoms with van der Waals surface area (Å²) in [6.07, 6.45) is -1.42. The molecular formula is C22H32N2O4. The molecule has 0 aromatic heterocycles. The van der Waals surface area contributed by atoms with Gasteiger partial charge in [-0.2, -0.15) is 0 Å². The zero-order chi connectivity index (χ0) is 21.2. The van der Waals surface area contributed by atoms with Crippen LogP contribution in [0.1, 0.15) is 65.0 Å². The van der Waals surface area contributed by atoms with Gasteiger partial charge in [-0.1, -0.05) is 59.7 Å². The second-order valence-electron chi connectivity index (χ2n) is 10.2. The van der Waals surface area contributed by atoms with Gasteiger partial charge in [0.1, 0.15) is 0 Å². The van der Waals surface area contributed by atoms with Crippen molar-refractivity contribution in [2.45, 2.75) is 72.4 Å². The zero-order valence-corrected chi connectivity index (χ0v) is 17.9. The average Bonchev–Trinajstić information content (AvgIpc) is 2.87. The van der Waals surface area contributed by atoms with Crippen molar-refractivity contribution in [3.63, 3.8) is 0 Å². The molecule has 6 heteroatoms. The number of hydrogen-bond donors (Lipinski definition) is 2. The molecular weight excluding hydrogens is 356 g/mol. The molecule has 1 aromatic rings. The fourth-order valence-electron chi connectivity index (χ4n) is 6.54. The van der Waals surface area contributed by atoms with E-state index in [1.165, 1.54) is 4.90 Å². The maximum absolute atomic E-state index is 12.4. The van der Waals surface area contributed by atoms with Crippen molar-refractivity contribution in [2.24, 2.45) is 10.8 Å². The number of rotatable bonds is 0. The van der Waals surface area contributed by atoms with E-state index in [0.717, 1.165) is 16.8 Å². The van der Waals surface area contributed by atoms with Gasteiger partial charge in [0.15, 0.2) is 0 Å². The summed E-state index contributed by atoms with van der Waals surface area (Å²) in [4.78, 5) is 27.8. The largest absolute Gasteiger partial charge is 0.465 e. The Balaban J connectivity index is 2.42. The molecule has 2 amide bonds. The standard InChI is InChI=1S/C22H32N2O4/c1-13-9-8-10-14-16-15(24(17(13)14)19(27)28)11-12-23(18(25)26)22(16,20(2,3)4)21(5,6)7/h8-10,15-16H,11-12H2,1-7H3,(H,25,26)(H,27,28)/t15-,16+/m0/s1. The number of likely N-dealkylation sites (tertiary alicyclic amines) is 1. The van der Waals surface area contributed by atoms with Gasteiger partial charge in [-0.3, -0.25) is 4.90 Å². The van der Waals surface area contributed by atoms with Gasteiger partial charge in [0.05, 0.1) is 17.3 Å². The molecule has 2 N–H and O–H groups in total. The fraction of sp³-hybridized carbons (Fsp3) is 0.636. The van der Waals surface area contributed by atoms with E-state index >= 15 is 0 Å². The lowest BCUT2D eigenvalue weighted by Crippen LogP contribution is -2.73. The van der Waals surface area contributed by atoms with Gasteiger partial charge in [0.25, 0.3) is 0 Å². The Kier molecular flexibility index (Phi) is 4.49. The van der Waals surface area contributed by atoms with Crippen LogP contribution in [-0.2, 0) is 0 Å². The topological polar surface area (TPSA) is 81.1 Å². The summed E-state index contributed by atoms with van der Waals surface area (Å²) in [6.45, 7) is 14.7. The van der Waals surface area contributed by atoms with Crippen molar-refractivity contribution < 1.29 is 19.8 Å². The maximum atomic E-state index is 12.4. The van der Waals surface area contributed by atoms with Crippen molar-refractivity contribution in [3.8, 4) is 0 Å². The van der Waals surface area contributed by atoms with Crippen LogP contribution in [0.25, 0.3) is 0 Å². The second-order valence-corrected chi connectivity index (χ2v) is 10.2. The quantitative estimate of drug-likeness (QED) is 0.643. The van der Waals surface area contributed by atoms with Crippen LogP contribution >= 0.6 is 0 Å². The number of nitrogens with zero attached hydrogens (tertiary/aromatic N) is 2. The summed E-state index contributed by atoms with van der Waals surface area (Å²) < 4.78 is 0. The Morgan fingerprint density at radius 1 is 1.04 bits per heavy atom. The molecule has 1 saturated heterocycles. The Morgan fingerprint density at radius 2 is 1.61 bits per heavy atom. The van der Waals surface area contributed by atoms with E-state index in [9.17, 15) is 19.8 Å². The molecule has 0 bridgehead atoms. The third kappa shape index (κ3) is 2.46. The summed E-state index contributed by atoms with van der Waals surface area (Å²) in [5.74, 6) is -0.233. The number of piperidine rings is 1. The number of amides is 2. The summed E-state index contributed by atoms with van der Waals surface area (Å²) in [5.41, 5.74) is 0.984.